The van der Waals surface area contributed by atoms with Gasteiger partial charge in [-0.05, 0) is 43.3 Å². The number of carbonyl (C=O) groups is 2. The molecule has 0 fully saturated rings. The van der Waals surface area contributed by atoms with Crippen LogP contribution in [0.5, 0.6) is 0 Å². The molecular formula is C23H19NO2S. The van der Waals surface area contributed by atoms with Gasteiger partial charge in [-0.15, -0.1) is 0 Å². The third-order valence-electron chi connectivity index (χ3n) is 3.98. The molecule has 0 saturated carbocycles. The first-order chi connectivity index (χ1) is 13.1. The van der Waals surface area contributed by atoms with Crippen LogP contribution in [0.25, 0.3) is 0 Å². The number of aliphatic imine (C=N–C) groups is 1. The zero-order valence-corrected chi connectivity index (χ0v) is 15.8. The summed E-state index contributed by atoms with van der Waals surface area (Å²) in [4.78, 5) is 31.0. The zero-order valence-electron chi connectivity index (χ0n) is 15.0. The lowest BCUT2D eigenvalue weighted by Crippen LogP contribution is -2.13. The van der Waals surface area contributed by atoms with Crippen LogP contribution in [-0.4, -0.2) is 23.8 Å². The van der Waals surface area contributed by atoms with Gasteiger partial charge in [0.2, 0.25) is 5.78 Å². The van der Waals surface area contributed by atoms with E-state index in [9.17, 15) is 9.59 Å². The molecule has 3 aromatic rings. The number of hydrogen-bond donors (Lipinski definition) is 0. The summed E-state index contributed by atoms with van der Waals surface area (Å²) >= 11 is 1.64. The van der Waals surface area contributed by atoms with Crippen LogP contribution < -0.4 is 0 Å². The third kappa shape index (κ3) is 5.25. The Morgan fingerprint density at radius 2 is 1.30 bits per heavy atom. The number of benzene rings is 3. The standard InChI is InChI=1S/C23H19NO2S/c1-17(24-16-22(25)18-8-4-2-5-9-18)23(26)19-12-14-21(15-13-19)27-20-10-6-3-7-11-20/h2-15H,16H2,1H3. The Balaban J connectivity index is 1.63. The molecule has 0 bridgehead atoms. The van der Waals surface area contributed by atoms with Crippen LogP contribution in [0, 0.1) is 0 Å². The summed E-state index contributed by atoms with van der Waals surface area (Å²) < 4.78 is 0. The van der Waals surface area contributed by atoms with Gasteiger partial charge in [-0.3, -0.25) is 14.6 Å². The second-order valence-electron chi connectivity index (χ2n) is 5.96. The number of carbonyl (C=O) groups excluding carboxylic acids is 2. The van der Waals surface area contributed by atoms with Gasteiger partial charge in [0.1, 0.15) is 6.54 Å². The normalized spacial score (nSPS) is 11.2. The van der Waals surface area contributed by atoms with Crippen molar-refractivity contribution in [2.75, 3.05) is 6.54 Å². The molecule has 0 atom stereocenters. The minimum absolute atomic E-state index is 0.0243. The van der Waals surface area contributed by atoms with E-state index >= 15 is 0 Å². The van der Waals surface area contributed by atoms with Gasteiger partial charge in [0, 0.05) is 20.9 Å². The summed E-state index contributed by atoms with van der Waals surface area (Å²) in [7, 11) is 0. The molecule has 27 heavy (non-hydrogen) atoms. The minimum Gasteiger partial charge on any atom is -0.292 e. The van der Waals surface area contributed by atoms with E-state index < -0.39 is 0 Å². The van der Waals surface area contributed by atoms with E-state index in [1.165, 1.54) is 0 Å². The molecule has 4 heteroatoms. The third-order valence-corrected chi connectivity index (χ3v) is 5.00. The molecule has 0 spiro atoms. The van der Waals surface area contributed by atoms with Crippen LogP contribution in [0.15, 0.2) is 99.7 Å². The summed E-state index contributed by atoms with van der Waals surface area (Å²) in [5.41, 5.74) is 1.51. The molecule has 134 valence electrons. The molecule has 0 aromatic heterocycles. The first kappa shape index (κ1) is 18.8. The Hall–Kier alpha value is -2.98. The highest BCUT2D eigenvalue weighted by molar-refractivity contribution is 7.99. The Morgan fingerprint density at radius 1 is 0.741 bits per heavy atom. The number of nitrogens with zero attached hydrogens (tertiary/aromatic N) is 1. The smallest absolute Gasteiger partial charge is 0.206 e. The number of ketones is 2. The van der Waals surface area contributed by atoms with Crippen molar-refractivity contribution in [1.82, 2.24) is 0 Å². The molecule has 3 rings (SSSR count). The van der Waals surface area contributed by atoms with Gasteiger partial charge < -0.3 is 0 Å². The lowest BCUT2D eigenvalue weighted by molar-refractivity contribution is 0.100. The molecule has 0 N–H and O–H groups in total. The molecule has 3 nitrogen and oxygen atoms in total. The fourth-order valence-electron chi connectivity index (χ4n) is 2.49. The molecule has 3 aromatic carbocycles. The zero-order chi connectivity index (χ0) is 19.1. The molecular weight excluding hydrogens is 354 g/mol. The van der Waals surface area contributed by atoms with E-state index in [4.69, 9.17) is 0 Å². The van der Waals surface area contributed by atoms with E-state index in [1.807, 2.05) is 60.7 Å². The first-order valence-electron chi connectivity index (χ1n) is 8.60. The Morgan fingerprint density at radius 3 is 1.93 bits per heavy atom. The van der Waals surface area contributed by atoms with Crippen molar-refractivity contribution >= 4 is 29.0 Å². The van der Waals surface area contributed by atoms with Crippen molar-refractivity contribution in [3.63, 3.8) is 0 Å². The fourth-order valence-corrected chi connectivity index (χ4v) is 3.32. The second kappa shape index (κ2) is 9.10. The molecule has 0 unspecified atom stereocenters. The number of rotatable bonds is 7. The summed E-state index contributed by atoms with van der Waals surface area (Å²) in [6.07, 6.45) is 0. The summed E-state index contributed by atoms with van der Waals surface area (Å²) in [6, 6.07) is 26.5. The van der Waals surface area contributed by atoms with Gasteiger partial charge in [0.15, 0.2) is 5.78 Å². The van der Waals surface area contributed by atoms with Crippen molar-refractivity contribution in [2.24, 2.45) is 4.99 Å². The SMILES string of the molecule is CC(=NCC(=O)c1ccccc1)C(=O)c1ccc(Sc2ccccc2)cc1. The van der Waals surface area contributed by atoms with Crippen LogP contribution in [-0.2, 0) is 0 Å². The maximum atomic E-state index is 12.5. The van der Waals surface area contributed by atoms with Gasteiger partial charge >= 0.3 is 0 Å². The van der Waals surface area contributed by atoms with E-state index in [2.05, 4.69) is 4.99 Å². The summed E-state index contributed by atoms with van der Waals surface area (Å²) in [6.45, 7) is 1.62. The average Bonchev–Trinajstić information content (AvgIpc) is 2.73. The molecule has 0 radical (unpaired) electrons. The molecule has 0 heterocycles. The van der Waals surface area contributed by atoms with E-state index in [-0.39, 0.29) is 18.1 Å². The quantitative estimate of drug-likeness (QED) is 0.413. The Bertz CT molecular complexity index is 949. The van der Waals surface area contributed by atoms with Gasteiger partial charge in [-0.25, -0.2) is 0 Å². The number of hydrogen-bond acceptors (Lipinski definition) is 4. The fraction of sp³-hybridized carbons (Fsp3) is 0.0870. The van der Waals surface area contributed by atoms with Crippen molar-refractivity contribution in [3.05, 3.63) is 96.1 Å². The Labute approximate surface area is 163 Å². The van der Waals surface area contributed by atoms with Gasteiger partial charge in [-0.2, -0.15) is 0 Å². The summed E-state index contributed by atoms with van der Waals surface area (Å²) in [5, 5.41) is 0. The maximum absolute atomic E-state index is 12.5. The molecule has 0 aliphatic carbocycles. The van der Waals surface area contributed by atoms with Crippen molar-refractivity contribution in [3.8, 4) is 0 Å². The van der Waals surface area contributed by atoms with Crippen LogP contribution in [0.3, 0.4) is 0 Å². The molecule has 0 saturated heterocycles. The van der Waals surface area contributed by atoms with Crippen LogP contribution in [0.4, 0.5) is 0 Å². The van der Waals surface area contributed by atoms with Gasteiger partial charge in [0.25, 0.3) is 0 Å². The lowest BCUT2D eigenvalue weighted by Gasteiger charge is -2.04. The molecule has 0 aliphatic heterocycles. The largest absolute Gasteiger partial charge is 0.292 e. The summed E-state index contributed by atoms with van der Waals surface area (Å²) in [5.74, 6) is -0.260. The van der Waals surface area contributed by atoms with Crippen LogP contribution in [0.2, 0.25) is 0 Å². The van der Waals surface area contributed by atoms with E-state index in [0.29, 0.717) is 16.8 Å². The maximum Gasteiger partial charge on any atom is 0.206 e. The van der Waals surface area contributed by atoms with Crippen LogP contribution in [0.1, 0.15) is 27.6 Å². The van der Waals surface area contributed by atoms with Crippen molar-refractivity contribution < 1.29 is 9.59 Å². The highest BCUT2D eigenvalue weighted by Gasteiger charge is 2.11. The van der Waals surface area contributed by atoms with Gasteiger partial charge in [-0.1, -0.05) is 60.3 Å². The average molecular weight is 373 g/mol. The monoisotopic (exact) mass is 373 g/mol. The van der Waals surface area contributed by atoms with Crippen LogP contribution >= 0.6 is 11.8 Å². The van der Waals surface area contributed by atoms with Crippen molar-refractivity contribution in [2.45, 2.75) is 16.7 Å². The second-order valence-corrected chi connectivity index (χ2v) is 7.11. The number of Topliss-reactive ketones (excluding diaryl/α,β-unsaturated/α-hetero) is 2. The highest BCUT2D eigenvalue weighted by atomic mass is 32.2. The van der Waals surface area contributed by atoms with Crippen molar-refractivity contribution in [1.29, 1.82) is 0 Å². The Kier molecular flexibility index (Phi) is 6.34. The highest BCUT2D eigenvalue weighted by Crippen LogP contribution is 2.27. The minimum atomic E-state index is -0.160. The lowest BCUT2D eigenvalue weighted by atomic mass is 10.1. The topological polar surface area (TPSA) is 46.5 Å². The van der Waals surface area contributed by atoms with E-state index in [0.717, 1.165) is 9.79 Å². The molecule has 0 aliphatic rings. The predicted octanol–water partition coefficient (Wildman–Crippen LogP) is 5.36. The predicted molar refractivity (Wildman–Crippen MR) is 110 cm³/mol. The molecule has 0 amide bonds. The van der Waals surface area contributed by atoms with Gasteiger partial charge in [0.05, 0.1) is 5.71 Å². The van der Waals surface area contributed by atoms with E-state index in [1.54, 1.807) is 43.0 Å². The first-order valence-corrected chi connectivity index (χ1v) is 9.42.